The molecule has 0 aliphatic carbocycles. The molecule has 1 fully saturated rings. The first-order valence-corrected chi connectivity index (χ1v) is 12.6. The molecule has 1 amide bonds. The van der Waals surface area contributed by atoms with Gasteiger partial charge in [0.1, 0.15) is 6.61 Å². The molecule has 6 nitrogen and oxygen atoms in total. The van der Waals surface area contributed by atoms with E-state index in [1.165, 1.54) is 5.56 Å². The smallest absolute Gasteiger partial charge is 0.411 e. The number of piperidine rings is 1. The van der Waals surface area contributed by atoms with Crippen molar-refractivity contribution in [3.63, 3.8) is 0 Å². The molecule has 2 aliphatic heterocycles. The number of cyclic esters (lactones) is 1. The number of benzene rings is 3. The van der Waals surface area contributed by atoms with Crippen LogP contribution in [0.2, 0.25) is 0 Å². The molecule has 0 bridgehead atoms. The molecule has 0 spiro atoms. The molecule has 0 atom stereocenters. The molecule has 5 rings (SSSR count). The fourth-order valence-electron chi connectivity index (χ4n) is 4.82. The zero-order valence-corrected chi connectivity index (χ0v) is 19.3. The highest BCUT2D eigenvalue weighted by molar-refractivity contribution is 7.89. The van der Waals surface area contributed by atoms with Crippen LogP contribution in [0.5, 0.6) is 0 Å². The minimum absolute atomic E-state index is 0.263. The second-order valence-electron chi connectivity index (χ2n) is 8.61. The Morgan fingerprint density at radius 3 is 2.42 bits per heavy atom. The maximum atomic E-state index is 13.6. The Balaban J connectivity index is 1.36. The summed E-state index contributed by atoms with van der Waals surface area (Å²) in [7, 11) is -3.61. The molecule has 0 aromatic heterocycles. The Kier molecular flexibility index (Phi) is 5.68. The van der Waals surface area contributed by atoms with E-state index < -0.39 is 16.1 Å². The normalized spacial score (nSPS) is 17.2. The van der Waals surface area contributed by atoms with E-state index in [1.807, 2.05) is 49.4 Å². The highest BCUT2D eigenvalue weighted by atomic mass is 32.2. The number of carbonyl (C=O) groups excluding carboxylic acids is 1. The molecule has 33 heavy (non-hydrogen) atoms. The summed E-state index contributed by atoms with van der Waals surface area (Å²) in [6.07, 6.45) is 1.07. The number of aryl methyl sites for hydroxylation is 1. The number of fused-ring (bicyclic) bond motifs is 1. The zero-order valence-electron chi connectivity index (χ0n) is 18.5. The van der Waals surface area contributed by atoms with E-state index in [2.05, 4.69) is 17.4 Å². The average Bonchev–Trinajstić information content (AvgIpc) is 2.85. The van der Waals surface area contributed by atoms with Crippen molar-refractivity contribution in [3.8, 4) is 11.1 Å². The third-order valence-electron chi connectivity index (χ3n) is 6.54. The summed E-state index contributed by atoms with van der Waals surface area (Å²) >= 11 is 0. The monoisotopic (exact) mass is 462 g/mol. The molecule has 2 heterocycles. The van der Waals surface area contributed by atoms with Gasteiger partial charge < -0.3 is 4.74 Å². The van der Waals surface area contributed by atoms with Gasteiger partial charge in [-0.05, 0) is 48.4 Å². The number of rotatable bonds is 4. The SMILES string of the molecule is Cc1cc(C2CCN(S(=O)(=O)c3ccccc3-c3ccccc3)CC2)cc2c1NC(=O)OC2. The van der Waals surface area contributed by atoms with Crippen molar-refractivity contribution in [2.24, 2.45) is 0 Å². The van der Waals surface area contributed by atoms with Gasteiger partial charge in [-0.1, -0.05) is 60.7 Å². The van der Waals surface area contributed by atoms with E-state index in [4.69, 9.17) is 4.74 Å². The first kappa shape index (κ1) is 21.7. The minimum atomic E-state index is -3.61. The van der Waals surface area contributed by atoms with E-state index in [1.54, 1.807) is 16.4 Å². The largest absolute Gasteiger partial charge is 0.444 e. The molecule has 3 aromatic rings. The molecule has 2 aliphatic rings. The van der Waals surface area contributed by atoms with Gasteiger partial charge in [-0.2, -0.15) is 4.31 Å². The molecule has 170 valence electrons. The number of carbonyl (C=O) groups is 1. The van der Waals surface area contributed by atoms with Crippen LogP contribution in [0, 0.1) is 6.92 Å². The summed E-state index contributed by atoms with van der Waals surface area (Å²) in [4.78, 5) is 11.9. The quantitative estimate of drug-likeness (QED) is 0.571. The Hall–Kier alpha value is -3.16. The maximum absolute atomic E-state index is 13.6. The summed E-state index contributed by atoms with van der Waals surface area (Å²) in [5, 5.41) is 2.77. The highest BCUT2D eigenvalue weighted by Crippen LogP contribution is 2.37. The Morgan fingerprint density at radius 2 is 1.67 bits per heavy atom. The zero-order chi connectivity index (χ0) is 23.0. The second kappa shape index (κ2) is 8.65. The maximum Gasteiger partial charge on any atom is 0.411 e. The molecule has 0 radical (unpaired) electrons. The number of hydrogen-bond acceptors (Lipinski definition) is 4. The third kappa shape index (κ3) is 4.14. The lowest BCUT2D eigenvalue weighted by Crippen LogP contribution is -2.38. The molecule has 1 saturated heterocycles. The van der Waals surface area contributed by atoms with Crippen LogP contribution < -0.4 is 5.32 Å². The van der Waals surface area contributed by atoms with Crippen LogP contribution in [-0.4, -0.2) is 31.9 Å². The van der Waals surface area contributed by atoms with Gasteiger partial charge in [0.05, 0.1) is 10.6 Å². The first-order valence-electron chi connectivity index (χ1n) is 11.2. The van der Waals surface area contributed by atoms with Gasteiger partial charge in [-0.25, -0.2) is 13.2 Å². The summed E-state index contributed by atoms with van der Waals surface area (Å²) in [6.45, 7) is 3.19. The highest BCUT2D eigenvalue weighted by Gasteiger charge is 2.32. The number of hydrogen-bond donors (Lipinski definition) is 1. The van der Waals surface area contributed by atoms with Crippen molar-refractivity contribution in [2.75, 3.05) is 18.4 Å². The van der Waals surface area contributed by atoms with Crippen molar-refractivity contribution in [3.05, 3.63) is 83.4 Å². The summed E-state index contributed by atoms with van der Waals surface area (Å²) in [5.41, 5.74) is 5.60. The molecule has 0 saturated carbocycles. The third-order valence-corrected chi connectivity index (χ3v) is 8.50. The summed E-state index contributed by atoms with van der Waals surface area (Å²) in [5.74, 6) is 0.266. The fourth-order valence-corrected chi connectivity index (χ4v) is 6.50. The number of ether oxygens (including phenoxy) is 1. The van der Waals surface area contributed by atoms with Gasteiger partial charge in [0.25, 0.3) is 0 Å². The summed E-state index contributed by atoms with van der Waals surface area (Å²) in [6, 6.07) is 21.0. The van der Waals surface area contributed by atoms with Crippen LogP contribution in [-0.2, 0) is 21.4 Å². The predicted octanol–water partition coefficient (Wildman–Crippen LogP) is 5.29. The second-order valence-corrected chi connectivity index (χ2v) is 10.5. The lowest BCUT2D eigenvalue weighted by Gasteiger charge is -2.32. The topological polar surface area (TPSA) is 75.7 Å². The van der Waals surface area contributed by atoms with Crippen LogP contribution in [0.15, 0.2) is 71.6 Å². The Morgan fingerprint density at radius 1 is 0.970 bits per heavy atom. The van der Waals surface area contributed by atoms with E-state index in [9.17, 15) is 13.2 Å². The summed E-state index contributed by atoms with van der Waals surface area (Å²) < 4.78 is 33.9. The number of sulfonamides is 1. The molecule has 7 heteroatoms. The van der Waals surface area contributed by atoms with E-state index in [-0.39, 0.29) is 12.5 Å². The standard InChI is InChI=1S/C26H26N2O4S/c1-18-15-21(16-22-17-32-26(29)27-25(18)22)19-11-13-28(14-12-19)33(30,31)24-10-6-5-9-23(24)20-7-3-2-4-8-20/h2-10,15-16,19H,11-14,17H2,1H3,(H,27,29). The molecule has 0 unspecified atom stereocenters. The molecular formula is C26H26N2O4S. The van der Waals surface area contributed by atoms with Gasteiger partial charge in [0, 0.05) is 24.2 Å². The first-order chi connectivity index (χ1) is 15.9. The van der Waals surface area contributed by atoms with Crippen molar-refractivity contribution in [1.82, 2.24) is 4.31 Å². The predicted molar refractivity (Wildman–Crippen MR) is 128 cm³/mol. The number of nitrogens with one attached hydrogen (secondary N) is 1. The van der Waals surface area contributed by atoms with Crippen molar-refractivity contribution >= 4 is 21.8 Å². The van der Waals surface area contributed by atoms with Gasteiger partial charge in [-0.3, -0.25) is 5.32 Å². The van der Waals surface area contributed by atoms with Crippen LogP contribution >= 0.6 is 0 Å². The number of amides is 1. The lowest BCUT2D eigenvalue weighted by atomic mass is 9.87. The van der Waals surface area contributed by atoms with Gasteiger partial charge >= 0.3 is 6.09 Å². The van der Waals surface area contributed by atoms with Crippen LogP contribution in [0.3, 0.4) is 0 Å². The minimum Gasteiger partial charge on any atom is -0.444 e. The molecular weight excluding hydrogens is 436 g/mol. The number of anilines is 1. The van der Waals surface area contributed by atoms with Gasteiger partial charge in [0.15, 0.2) is 0 Å². The van der Waals surface area contributed by atoms with E-state index >= 15 is 0 Å². The molecule has 3 aromatic carbocycles. The van der Waals surface area contributed by atoms with Crippen LogP contribution in [0.25, 0.3) is 11.1 Å². The number of nitrogens with zero attached hydrogens (tertiary/aromatic N) is 1. The van der Waals surface area contributed by atoms with Gasteiger partial charge in [-0.15, -0.1) is 0 Å². The van der Waals surface area contributed by atoms with Crippen LogP contribution in [0.4, 0.5) is 10.5 Å². The van der Waals surface area contributed by atoms with Crippen molar-refractivity contribution in [1.29, 1.82) is 0 Å². The fraction of sp³-hybridized carbons (Fsp3) is 0.269. The average molecular weight is 463 g/mol. The Bertz CT molecular complexity index is 1300. The van der Waals surface area contributed by atoms with Crippen molar-refractivity contribution in [2.45, 2.75) is 37.2 Å². The van der Waals surface area contributed by atoms with Crippen LogP contribution in [0.1, 0.15) is 35.4 Å². The van der Waals surface area contributed by atoms with Crippen molar-refractivity contribution < 1.29 is 17.9 Å². The van der Waals surface area contributed by atoms with Gasteiger partial charge in [0.2, 0.25) is 10.0 Å². The Labute approximate surface area is 194 Å². The van der Waals surface area contributed by atoms with E-state index in [0.29, 0.717) is 18.0 Å². The van der Waals surface area contributed by atoms with E-state index in [0.717, 1.165) is 40.8 Å². The lowest BCUT2D eigenvalue weighted by molar-refractivity contribution is 0.151. The molecule has 1 N–H and O–H groups in total.